The number of aryl methyl sites for hydroxylation is 1. The lowest BCUT2D eigenvalue weighted by Crippen LogP contribution is -1.82. The Morgan fingerprint density at radius 1 is 1.36 bits per heavy atom. The van der Waals surface area contributed by atoms with Crippen molar-refractivity contribution in [2.75, 3.05) is 0 Å². The van der Waals surface area contributed by atoms with Gasteiger partial charge in [-0.05, 0) is 25.0 Å². The van der Waals surface area contributed by atoms with Crippen LogP contribution in [0.4, 0.5) is 0 Å². The number of hydrogen-bond acceptors (Lipinski definition) is 1. The molecule has 0 spiro atoms. The van der Waals surface area contributed by atoms with E-state index in [1.54, 1.807) is 0 Å². The van der Waals surface area contributed by atoms with Crippen LogP contribution in [0.25, 0.3) is 5.65 Å². The second-order valence-electron chi connectivity index (χ2n) is 3.45. The van der Waals surface area contributed by atoms with Crippen LogP contribution in [0.5, 0.6) is 0 Å². The molecule has 2 nitrogen and oxygen atoms in total. The number of aromatic nitrogens is 2. The average Bonchev–Trinajstić information content (AvgIpc) is 2.56. The molecule has 0 aliphatic carbocycles. The maximum atomic E-state index is 5.88. The van der Waals surface area contributed by atoms with Crippen molar-refractivity contribution in [2.24, 2.45) is 0 Å². The topological polar surface area (TPSA) is 17.3 Å². The van der Waals surface area contributed by atoms with Crippen LogP contribution in [-0.2, 0) is 6.42 Å². The molecule has 0 unspecified atom stereocenters. The van der Waals surface area contributed by atoms with E-state index in [0.29, 0.717) is 0 Å². The Balaban J connectivity index is 2.32. The summed E-state index contributed by atoms with van der Waals surface area (Å²) in [4.78, 5) is 4.50. The van der Waals surface area contributed by atoms with Crippen molar-refractivity contribution in [3.63, 3.8) is 0 Å². The fourth-order valence-electron chi connectivity index (χ4n) is 1.50. The Hall–Kier alpha value is -1.02. The lowest BCUT2D eigenvalue weighted by molar-refractivity contribution is 0.781. The van der Waals surface area contributed by atoms with Gasteiger partial charge < -0.3 is 4.40 Å². The quantitative estimate of drug-likeness (QED) is 0.757. The van der Waals surface area contributed by atoms with Gasteiger partial charge in [0.2, 0.25) is 0 Å². The van der Waals surface area contributed by atoms with Gasteiger partial charge in [0.05, 0.1) is 10.7 Å². The summed E-state index contributed by atoms with van der Waals surface area (Å²) >= 11 is 5.88. The van der Waals surface area contributed by atoms with E-state index in [-0.39, 0.29) is 0 Å². The van der Waals surface area contributed by atoms with Crippen molar-refractivity contribution in [3.8, 4) is 0 Å². The molecule has 74 valence electrons. The number of rotatable bonds is 3. The molecule has 0 amide bonds. The van der Waals surface area contributed by atoms with Gasteiger partial charge in [-0.1, -0.05) is 24.9 Å². The molecule has 0 N–H and O–H groups in total. The molecule has 0 saturated heterocycles. The molecule has 0 saturated carbocycles. The zero-order chi connectivity index (χ0) is 9.97. The normalized spacial score (nSPS) is 11.0. The van der Waals surface area contributed by atoms with Crippen LogP contribution < -0.4 is 0 Å². The van der Waals surface area contributed by atoms with Crippen LogP contribution in [0.3, 0.4) is 0 Å². The van der Waals surface area contributed by atoms with E-state index in [1.165, 1.54) is 12.8 Å². The molecule has 2 rings (SSSR count). The molecular formula is C11H13ClN2. The average molecular weight is 209 g/mol. The number of pyridine rings is 1. The predicted octanol–water partition coefficient (Wildman–Crippen LogP) is 3.33. The molecule has 2 heterocycles. The van der Waals surface area contributed by atoms with Crippen molar-refractivity contribution in [1.82, 2.24) is 9.38 Å². The molecule has 0 atom stereocenters. The van der Waals surface area contributed by atoms with Crippen molar-refractivity contribution < 1.29 is 0 Å². The van der Waals surface area contributed by atoms with Crippen molar-refractivity contribution in [3.05, 3.63) is 35.2 Å². The summed E-state index contributed by atoms with van der Waals surface area (Å²) in [7, 11) is 0. The molecule has 0 aliphatic rings. The number of halogens is 1. The minimum Gasteiger partial charge on any atom is -0.305 e. The lowest BCUT2D eigenvalue weighted by atomic mass is 10.2. The largest absolute Gasteiger partial charge is 0.305 e. The van der Waals surface area contributed by atoms with Gasteiger partial charge in [-0.25, -0.2) is 4.98 Å². The first-order chi connectivity index (χ1) is 6.79. The number of hydrogen-bond donors (Lipinski definition) is 0. The van der Waals surface area contributed by atoms with E-state index < -0.39 is 0 Å². The third kappa shape index (κ3) is 1.90. The maximum Gasteiger partial charge on any atom is 0.137 e. The highest BCUT2D eigenvalue weighted by atomic mass is 35.5. The molecule has 14 heavy (non-hydrogen) atoms. The first-order valence-electron chi connectivity index (χ1n) is 4.92. The standard InChI is InChI=1S/C11H13ClN2/c1-2-3-4-10-8-14-7-9(12)5-6-11(14)13-10/h5-8H,2-4H2,1H3. The fourth-order valence-corrected chi connectivity index (χ4v) is 1.66. The van der Waals surface area contributed by atoms with Gasteiger partial charge in [0, 0.05) is 12.4 Å². The van der Waals surface area contributed by atoms with Gasteiger partial charge in [-0.15, -0.1) is 0 Å². The Morgan fingerprint density at radius 2 is 2.21 bits per heavy atom. The van der Waals surface area contributed by atoms with Gasteiger partial charge in [-0.2, -0.15) is 0 Å². The summed E-state index contributed by atoms with van der Waals surface area (Å²) in [6, 6.07) is 3.81. The molecule has 2 aromatic heterocycles. The highest BCUT2D eigenvalue weighted by Crippen LogP contribution is 2.12. The minimum atomic E-state index is 0.747. The fraction of sp³-hybridized carbons (Fsp3) is 0.364. The smallest absolute Gasteiger partial charge is 0.137 e. The number of nitrogens with zero attached hydrogens (tertiary/aromatic N) is 2. The first-order valence-corrected chi connectivity index (χ1v) is 5.30. The molecule has 0 aromatic carbocycles. The van der Waals surface area contributed by atoms with Crippen molar-refractivity contribution >= 4 is 17.2 Å². The summed E-state index contributed by atoms with van der Waals surface area (Å²) in [6.45, 7) is 2.19. The van der Waals surface area contributed by atoms with E-state index in [2.05, 4.69) is 18.1 Å². The molecular weight excluding hydrogens is 196 g/mol. The highest BCUT2D eigenvalue weighted by Gasteiger charge is 2.00. The van der Waals surface area contributed by atoms with Gasteiger partial charge in [0.1, 0.15) is 5.65 Å². The Kier molecular flexibility index (Phi) is 2.73. The highest BCUT2D eigenvalue weighted by molar-refractivity contribution is 6.30. The molecule has 0 bridgehead atoms. The van der Waals surface area contributed by atoms with E-state index in [4.69, 9.17) is 11.6 Å². The maximum absolute atomic E-state index is 5.88. The third-order valence-corrected chi connectivity index (χ3v) is 2.47. The van der Waals surface area contributed by atoms with Crippen LogP contribution in [0.1, 0.15) is 25.5 Å². The van der Waals surface area contributed by atoms with Gasteiger partial charge in [-0.3, -0.25) is 0 Å². The predicted molar refractivity (Wildman–Crippen MR) is 58.8 cm³/mol. The van der Waals surface area contributed by atoms with Gasteiger partial charge in [0.15, 0.2) is 0 Å². The van der Waals surface area contributed by atoms with Crippen LogP contribution in [0, 0.1) is 0 Å². The second-order valence-corrected chi connectivity index (χ2v) is 3.89. The first kappa shape index (κ1) is 9.53. The van der Waals surface area contributed by atoms with Crippen LogP contribution in [-0.4, -0.2) is 9.38 Å². The van der Waals surface area contributed by atoms with Crippen LogP contribution >= 0.6 is 11.6 Å². The van der Waals surface area contributed by atoms with E-state index in [9.17, 15) is 0 Å². The van der Waals surface area contributed by atoms with Crippen LogP contribution in [0.15, 0.2) is 24.5 Å². The number of unbranched alkanes of at least 4 members (excludes halogenated alkanes) is 1. The monoisotopic (exact) mass is 208 g/mol. The lowest BCUT2D eigenvalue weighted by Gasteiger charge is -1.91. The molecule has 0 radical (unpaired) electrons. The van der Waals surface area contributed by atoms with Crippen molar-refractivity contribution in [2.45, 2.75) is 26.2 Å². The van der Waals surface area contributed by atoms with E-state index in [1.807, 2.05) is 22.7 Å². The SMILES string of the molecule is CCCCc1cn2cc(Cl)ccc2n1. The summed E-state index contributed by atoms with van der Waals surface area (Å²) < 4.78 is 1.98. The molecule has 2 aromatic rings. The second kappa shape index (κ2) is 4.01. The molecule has 3 heteroatoms. The summed E-state index contributed by atoms with van der Waals surface area (Å²) in [5, 5.41) is 0.747. The summed E-state index contributed by atoms with van der Waals surface area (Å²) in [5.41, 5.74) is 2.12. The third-order valence-electron chi connectivity index (χ3n) is 2.25. The van der Waals surface area contributed by atoms with E-state index >= 15 is 0 Å². The Bertz CT molecular complexity index is 434. The van der Waals surface area contributed by atoms with Gasteiger partial charge >= 0.3 is 0 Å². The zero-order valence-corrected chi connectivity index (χ0v) is 8.96. The van der Waals surface area contributed by atoms with Crippen molar-refractivity contribution in [1.29, 1.82) is 0 Å². The number of imidazole rings is 1. The number of fused-ring (bicyclic) bond motifs is 1. The summed E-state index contributed by atoms with van der Waals surface area (Å²) in [6.07, 6.45) is 7.39. The summed E-state index contributed by atoms with van der Waals surface area (Å²) in [5.74, 6) is 0. The molecule has 0 fully saturated rings. The molecule has 0 aliphatic heterocycles. The Morgan fingerprint density at radius 3 is 3.00 bits per heavy atom. The Labute approximate surface area is 88.5 Å². The van der Waals surface area contributed by atoms with Gasteiger partial charge in [0.25, 0.3) is 0 Å². The van der Waals surface area contributed by atoms with Crippen LogP contribution in [0.2, 0.25) is 5.02 Å². The zero-order valence-electron chi connectivity index (χ0n) is 8.20. The minimum absolute atomic E-state index is 0.747. The van der Waals surface area contributed by atoms with E-state index in [0.717, 1.165) is 22.8 Å².